The topological polar surface area (TPSA) is 41.6 Å². The Kier molecular flexibility index (Phi) is 8.11. The first-order valence-electron chi connectivity index (χ1n) is 7.08. The maximum atomic E-state index is 11.9. The molecule has 1 aromatic carbocycles. The highest BCUT2D eigenvalue weighted by Crippen LogP contribution is 2.15. The zero-order valence-corrected chi connectivity index (χ0v) is 13.8. The second-order valence-corrected chi connectivity index (χ2v) is 5.44. The molecular formula is C15H23BrN2O2. The van der Waals surface area contributed by atoms with Crippen LogP contribution in [0.4, 0.5) is 4.79 Å². The normalized spacial score (nSPS) is 10.2. The zero-order valence-electron chi connectivity index (χ0n) is 12.2. The van der Waals surface area contributed by atoms with Crippen molar-refractivity contribution < 1.29 is 9.53 Å². The summed E-state index contributed by atoms with van der Waals surface area (Å²) in [6.45, 7) is 6.73. The molecule has 0 atom stereocenters. The molecule has 0 aromatic heterocycles. The molecule has 2 amide bonds. The van der Waals surface area contributed by atoms with Crippen LogP contribution in [0.2, 0.25) is 0 Å². The largest absolute Gasteiger partial charge is 0.492 e. The molecule has 1 aromatic rings. The van der Waals surface area contributed by atoms with Crippen molar-refractivity contribution in [2.24, 2.45) is 0 Å². The van der Waals surface area contributed by atoms with Gasteiger partial charge >= 0.3 is 6.03 Å². The molecule has 0 unspecified atom stereocenters. The summed E-state index contributed by atoms with van der Waals surface area (Å²) in [5.74, 6) is 0.807. The van der Waals surface area contributed by atoms with Gasteiger partial charge in [-0.1, -0.05) is 29.8 Å². The van der Waals surface area contributed by atoms with Crippen molar-refractivity contribution in [3.8, 4) is 5.75 Å². The second-order valence-electron chi connectivity index (χ2n) is 4.52. The van der Waals surface area contributed by atoms with E-state index in [0.717, 1.165) is 36.2 Å². The van der Waals surface area contributed by atoms with Crippen LogP contribution < -0.4 is 10.1 Å². The smallest absolute Gasteiger partial charge is 0.317 e. The highest BCUT2D eigenvalue weighted by molar-refractivity contribution is 9.10. The van der Waals surface area contributed by atoms with E-state index in [-0.39, 0.29) is 6.03 Å². The van der Waals surface area contributed by atoms with Crippen LogP contribution in [0.25, 0.3) is 0 Å². The molecule has 4 nitrogen and oxygen atoms in total. The van der Waals surface area contributed by atoms with Gasteiger partial charge in [0.2, 0.25) is 0 Å². The Morgan fingerprint density at radius 1 is 1.20 bits per heavy atom. The molecule has 0 saturated carbocycles. The summed E-state index contributed by atoms with van der Waals surface area (Å²) in [4.78, 5) is 13.8. The van der Waals surface area contributed by atoms with Gasteiger partial charge in [0.15, 0.2) is 0 Å². The van der Waals surface area contributed by atoms with Gasteiger partial charge in [0.25, 0.3) is 0 Å². The van der Waals surface area contributed by atoms with Gasteiger partial charge in [0, 0.05) is 17.6 Å². The number of halogens is 1. The Balaban J connectivity index is 2.25. The molecule has 0 bridgehead atoms. The summed E-state index contributed by atoms with van der Waals surface area (Å²) in [6, 6.07) is 7.64. The molecule has 1 N–H and O–H groups in total. The average molecular weight is 343 g/mol. The number of nitrogens with one attached hydrogen (secondary N) is 1. The molecule has 1 rings (SSSR count). The van der Waals surface area contributed by atoms with Gasteiger partial charge in [-0.3, -0.25) is 0 Å². The summed E-state index contributed by atoms with van der Waals surface area (Å²) in [5.41, 5.74) is 0. The van der Waals surface area contributed by atoms with Crippen LogP contribution in [-0.4, -0.2) is 37.2 Å². The van der Waals surface area contributed by atoms with E-state index in [2.05, 4.69) is 35.1 Å². The molecule has 0 radical (unpaired) electrons. The van der Waals surface area contributed by atoms with Crippen LogP contribution in [0, 0.1) is 0 Å². The van der Waals surface area contributed by atoms with Crippen LogP contribution in [0.5, 0.6) is 5.75 Å². The third kappa shape index (κ3) is 6.28. The average Bonchev–Trinajstić information content (AvgIpc) is 2.45. The van der Waals surface area contributed by atoms with Crippen molar-refractivity contribution in [1.29, 1.82) is 0 Å². The van der Waals surface area contributed by atoms with Gasteiger partial charge in [-0.15, -0.1) is 0 Å². The first-order valence-corrected chi connectivity index (χ1v) is 7.87. The number of carbonyl (C=O) groups excluding carboxylic acids is 1. The van der Waals surface area contributed by atoms with Crippen molar-refractivity contribution in [1.82, 2.24) is 10.2 Å². The Morgan fingerprint density at radius 3 is 2.35 bits per heavy atom. The highest BCUT2D eigenvalue weighted by atomic mass is 79.9. The lowest BCUT2D eigenvalue weighted by atomic mass is 10.3. The maximum Gasteiger partial charge on any atom is 0.317 e. The van der Waals surface area contributed by atoms with E-state index >= 15 is 0 Å². The Morgan fingerprint density at radius 2 is 1.80 bits per heavy atom. The number of benzene rings is 1. The summed E-state index contributed by atoms with van der Waals surface area (Å²) in [5, 5.41) is 2.89. The molecule has 0 heterocycles. The van der Waals surface area contributed by atoms with Crippen LogP contribution in [0.15, 0.2) is 28.7 Å². The van der Waals surface area contributed by atoms with Crippen LogP contribution in [0.3, 0.4) is 0 Å². The number of hydrogen-bond donors (Lipinski definition) is 1. The van der Waals surface area contributed by atoms with Crippen LogP contribution in [-0.2, 0) is 0 Å². The first-order chi connectivity index (χ1) is 9.67. The highest BCUT2D eigenvalue weighted by Gasteiger charge is 2.10. The van der Waals surface area contributed by atoms with Crippen LogP contribution >= 0.6 is 15.9 Å². The molecule has 112 valence electrons. The lowest BCUT2D eigenvalue weighted by Gasteiger charge is -2.21. The van der Waals surface area contributed by atoms with E-state index < -0.39 is 0 Å². The quantitative estimate of drug-likeness (QED) is 0.732. The predicted octanol–water partition coefficient (Wildman–Crippen LogP) is 3.66. The minimum Gasteiger partial charge on any atom is -0.492 e. The van der Waals surface area contributed by atoms with Crippen molar-refractivity contribution in [3.05, 3.63) is 28.7 Å². The Bertz CT molecular complexity index is 389. The molecular weight excluding hydrogens is 320 g/mol. The SMILES string of the molecule is CCCN(CCC)C(=O)NCCOc1ccc(Br)cc1. The van der Waals surface area contributed by atoms with Gasteiger partial charge in [-0.2, -0.15) is 0 Å². The fourth-order valence-electron chi connectivity index (χ4n) is 1.82. The summed E-state index contributed by atoms with van der Waals surface area (Å²) in [7, 11) is 0. The van der Waals surface area contributed by atoms with Gasteiger partial charge in [-0.05, 0) is 37.1 Å². The van der Waals surface area contributed by atoms with Crippen molar-refractivity contribution >= 4 is 22.0 Å². The minimum absolute atomic E-state index is 0.00638. The van der Waals surface area contributed by atoms with Crippen molar-refractivity contribution in [3.63, 3.8) is 0 Å². The summed E-state index contributed by atoms with van der Waals surface area (Å²) in [6.07, 6.45) is 1.95. The zero-order chi connectivity index (χ0) is 14.8. The first kappa shape index (κ1) is 16.8. The predicted molar refractivity (Wildman–Crippen MR) is 85.2 cm³/mol. The van der Waals surface area contributed by atoms with E-state index in [0.29, 0.717) is 13.2 Å². The fourth-order valence-corrected chi connectivity index (χ4v) is 2.09. The second kappa shape index (κ2) is 9.64. The number of rotatable bonds is 8. The standard InChI is InChI=1S/C15H23BrN2O2/c1-3-10-18(11-4-2)15(19)17-9-12-20-14-7-5-13(16)6-8-14/h5-8H,3-4,9-12H2,1-2H3,(H,17,19). The van der Waals surface area contributed by atoms with E-state index in [1.54, 1.807) is 0 Å². The number of amides is 2. The van der Waals surface area contributed by atoms with E-state index in [1.807, 2.05) is 29.2 Å². The number of urea groups is 1. The number of nitrogens with zero attached hydrogens (tertiary/aromatic N) is 1. The molecule has 0 aliphatic carbocycles. The lowest BCUT2D eigenvalue weighted by Crippen LogP contribution is -2.42. The van der Waals surface area contributed by atoms with Gasteiger partial charge in [-0.25, -0.2) is 4.79 Å². The molecule has 5 heteroatoms. The third-order valence-electron chi connectivity index (χ3n) is 2.73. The van der Waals surface area contributed by atoms with Gasteiger partial charge in [0.1, 0.15) is 12.4 Å². The Labute approximate surface area is 129 Å². The third-order valence-corrected chi connectivity index (χ3v) is 3.26. The molecule has 0 saturated heterocycles. The monoisotopic (exact) mass is 342 g/mol. The lowest BCUT2D eigenvalue weighted by molar-refractivity contribution is 0.194. The molecule has 0 aliphatic rings. The van der Waals surface area contributed by atoms with Crippen LogP contribution in [0.1, 0.15) is 26.7 Å². The van der Waals surface area contributed by atoms with E-state index in [1.165, 1.54) is 0 Å². The number of hydrogen-bond acceptors (Lipinski definition) is 2. The van der Waals surface area contributed by atoms with Gasteiger partial charge < -0.3 is 15.0 Å². The van der Waals surface area contributed by atoms with Crippen molar-refractivity contribution in [2.45, 2.75) is 26.7 Å². The number of ether oxygens (including phenoxy) is 1. The molecule has 20 heavy (non-hydrogen) atoms. The van der Waals surface area contributed by atoms with E-state index in [9.17, 15) is 4.79 Å². The number of carbonyl (C=O) groups is 1. The van der Waals surface area contributed by atoms with E-state index in [4.69, 9.17) is 4.74 Å². The summed E-state index contributed by atoms with van der Waals surface area (Å²) < 4.78 is 6.58. The fraction of sp³-hybridized carbons (Fsp3) is 0.533. The molecule has 0 spiro atoms. The molecule has 0 fully saturated rings. The van der Waals surface area contributed by atoms with Crippen molar-refractivity contribution in [2.75, 3.05) is 26.2 Å². The Hall–Kier alpha value is -1.23. The molecule has 0 aliphatic heterocycles. The summed E-state index contributed by atoms with van der Waals surface area (Å²) >= 11 is 3.37. The minimum atomic E-state index is -0.00638. The maximum absolute atomic E-state index is 11.9. The van der Waals surface area contributed by atoms with Gasteiger partial charge in [0.05, 0.1) is 6.54 Å².